The molecule has 0 bridgehead atoms. The van der Waals surface area contributed by atoms with Crippen LogP contribution in [0.1, 0.15) is 23.9 Å². The van der Waals surface area contributed by atoms with E-state index in [1.807, 2.05) is 14.0 Å². The van der Waals surface area contributed by atoms with Crippen LogP contribution in [0.25, 0.3) is 0 Å². The summed E-state index contributed by atoms with van der Waals surface area (Å²) in [5, 5.41) is 4.93. The van der Waals surface area contributed by atoms with E-state index >= 15 is 0 Å². The van der Waals surface area contributed by atoms with E-state index in [2.05, 4.69) is 5.10 Å². The molecule has 0 aliphatic rings. The van der Waals surface area contributed by atoms with Crippen LogP contribution in [0, 0.1) is 0 Å². The molecule has 2 rings (SSSR count). The Morgan fingerprint density at radius 3 is 2.80 bits per heavy atom. The van der Waals surface area contributed by atoms with Gasteiger partial charge in [-0.1, -0.05) is 30.7 Å². The molecule has 20 heavy (non-hydrogen) atoms. The Morgan fingerprint density at radius 2 is 2.25 bits per heavy atom. The lowest BCUT2D eigenvalue weighted by Gasteiger charge is -2.08. The van der Waals surface area contributed by atoms with E-state index in [9.17, 15) is 4.79 Å². The normalized spacial score (nSPS) is 10.8. The summed E-state index contributed by atoms with van der Waals surface area (Å²) in [5.41, 5.74) is 7.25. The van der Waals surface area contributed by atoms with Gasteiger partial charge in [0.2, 0.25) is 0 Å². The Bertz CT molecular complexity index is 720. The number of thiocarbonyl (C=S) groups is 1. The van der Waals surface area contributed by atoms with Crippen molar-refractivity contribution < 1.29 is 0 Å². The first-order chi connectivity index (χ1) is 9.45. The second-order valence-electron chi connectivity index (χ2n) is 4.40. The van der Waals surface area contributed by atoms with Gasteiger partial charge in [-0.3, -0.25) is 9.48 Å². The summed E-state index contributed by atoms with van der Waals surface area (Å²) in [6.45, 7) is 2.31. The predicted molar refractivity (Wildman–Crippen MR) is 83.3 cm³/mol. The van der Waals surface area contributed by atoms with E-state index in [4.69, 9.17) is 29.6 Å². The second kappa shape index (κ2) is 5.76. The molecule has 2 aromatic rings. The molecule has 0 saturated heterocycles. The number of rotatable bonds is 4. The molecule has 106 valence electrons. The molecule has 0 aromatic carbocycles. The van der Waals surface area contributed by atoms with Crippen LogP contribution in [0.15, 0.2) is 23.1 Å². The van der Waals surface area contributed by atoms with Crippen LogP contribution in [-0.2, 0) is 20.0 Å². The number of hydrogen-bond donors (Lipinski definition) is 1. The van der Waals surface area contributed by atoms with Gasteiger partial charge < -0.3 is 10.3 Å². The van der Waals surface area contributed by atoms with Gasteiger partial charge in [-0.25, -0.2) is 0 Å². The lowest BCUT2D eigenvalue weighted by atomic mass is 10.2. The minimum Gasteiger partial charge on any atom is -0.389 e. The van der Waals surface area contributed by atoms with E-state index in [1.54, 1.807) is 23.0 Å². The van der Waals surface area contributed by atoms with E-state index in [1.165, 1.54) is 4.57 Å². The molecule has 2 aromatic heterocycles. The highest BCUT2D eigenvalue weighted by molar-refractivity contribution is 7.80. The Balaban J connectivity index is 2.46. The number of nitrogens with zero attached hydrogens (tertiary/aromatic N) is 3. The van der Waals surface area contributed by atoms with Crippen molar-refractivity contribution >= 4 is 28.8 Å². The molecule has 0 atom stereocenters. The largest absolute Gasteiger partial charge is 0.389 e. The fourth-order valence-electron chi connectivity index (χ4n) is 2.00. The van der Waals surface area contributed by atoms with Crippen molar-refractivity contribution in [2.24, 2.45) is 12.8 Å². The van der Waals surface area contributed by atoms with Crippen LogP contribution in [0.4, 0.5) is 0 Å². The topological polar surface area (TPSA) is 65.8 Å². The second-order valence-corrected chi connectivity index (χ2v) is 5.22. The van der Waals surface area contributed by atoms with Crippen molar-refractivity contribution in [3.63, 3.8) is 0 Å². The maximum absolute atomic E-state index is 12.2. The van der Waals surface area contributed by atoms with Gasteiger partial charge in [0.05, 0.1) is 28.5 Å². The van der Waals surface area contributed by atoms with E-state index < -0.39 is 0 Å². The summed E-state index contributed by atoms with van der Waals surface area (Å²) in [7, 11) is 1.81. The van der Waals surface area contributed by atoms with Gasteiger partial charge in [0, 0.05) is 13.2 Å². The van der Waals surface area contributed by atoms with Crippen molar-refractivity contribution in [2.45, 2.75) is 19.9 Å². The highest BCUT2D eigenvalue weighted by atomic mass is 35.5. The SMILES string of the molecule is CCc1nn(C)c(Cn2cccc(C(N)=S)c2=O)c1Cl. The maximum Gasteiger partial charge on any atom is 0.261 e. The van der Waals surface area contributed by atoms with E-state index in [0.29, 0.717) is 17.1 Å². The molecular formula is C13H15ClN4OS. The zero-order valence-electron chi connectivity index (χ0n) is 11.3. The van der Waals surface area contributed by atoms with Crippen molar-refractivity contribution in [3.8, 4) is 0 Å². The van der Waals surface area contributed by atoms with Crippen LogP contribution in [0.2, 0.25) is 5.02 Å². The third-order valence-corrected chi connectivity index (χ3v) is 3.76. The minimum atomic E-state index is -0.227. The van der Waals surface area contributed by atoms with Gasteiger partial charge in [0.25, 0.3) is 5.56 Å². The Hall–Kier alpha value is -1.66. The molecule has 7 heteroatoms. The third-order valence-electron chi connectivity index (χ3n) is 3.11. The first kappa shape index (κ1) is 14.7. The highest BCUT2D eigenvalue weighted by Crippen LogP contribution is 2.21. The average Bonchev–Trinajstić information content (AvgIpc) is 2.68. The molecular weight excluding hydrogens is 296 g/mol. The molecule has 2 heterocycles. The standard InChI is InChI=1S/C13H15ClN4OS/c1-3-9-11(14)10(17(2)16-9)7-18-6-4-5-8(12(15)20)13(18)19/h4-6H,3,7H2,1-2H3,(H2,15,20). The van der Waals surface area contributed by atoms with Gasteiger partial charge >= 0.3 is 0 Å². The van der Waals surface area contributed by atoms with E-state index in [0.717, 1.165) is 17.8 Å². The van der Waals surface area contributed by atoms with Crippen LogP contribution >= 0.6 is 23.8 Å². The number of pyridine rings is 1. The number of hydrogen-bond acceptors (Lipinski definition) is 3. The number of halogens is 1. The van der Waals surface area contributed by atoms with Gasteiger partial charge in [-0.05, 0) is 18.6 Å². The minimum absolute atomic E-state index is 0.0923. The summed E-state index contributed by atoms with van der Waals surface area (Å²) in [6, 6.07) is 3.35. The third kappa shape index (κ3) is 2.62. The predicted octanol–water partition coefficient (Wildman–Crippen LogP) is 1.48. The van der Waals surface area contributed by atoms with Crippen molar-refractivity contribution in [3.05, 3.63) is 50.7 Å². The quantitative estimate of drug-likeness (QED) is 0.869. The Kier molecular flexibility index (Phi) is 4.25. The summed E-state index contributed by atoms with van der Waals surface area (Å²) in [4.78, 5) is 12.3. The summed E-state index contributed by atoms with van der Waals surface area (Å²) in [6.07, 6.45) is 2.42. The molecule has 0 spiro atoms. The van der Waals surface area contributed by atoms with Gasteiger partial charge in [-0.2, -0.15) is 5.10 Å². The molecule has 0 saturated carbocycles. The molecule has 2 N–H and O–H groups in total. The average molecular weight is 311 g/mol. The fourth-order valence-corrected chi connectivity index (χ4v) is 2.51. The Morgan fingerprint density at radius 1 is 1.55 bits per heavy atom. The van der Waals surface area contributed by atoms with Crippen molar-refractivity contribution in [2.75, 3.05) is 0 Å². The van der Waals surface area contributed by atoms with Gasteiger partial charge in [0.15, 0.2) is 0 Å². The molecule has 0 radical (unpaired) electrons. The number of nitrogens with two attached hydrogens (primary N) is 1. The van der Waals surface area contributed by atoms with Crippen LogP contribution in [-0.4, -0.2) is 19.3 Å². The number of aryl methyl sites for hydroxylation is 2. The molecule has 0 aliphatic carbocycles. The fraction of sp³-hybridized carbons (Fsp3) is 0.308. The van der Waals surface area contributed by atoms with E-state index in [-0.39, 0.29) is 10.5 Å². The lowest BCUT2D eigenvalue weighted by Crippen LogP contribution is -2.29. The molecule has 5 nitrogen and oxygen atoms in total. The maximum atomic E-state index is 12.2. The molecule has 0 fully saturated rings. The summed E-state index contributed by atoms with van der Waals surface area (Å²) < 4.78 is 3.22. The van der Waals surface area contributed by atoms with Gasteiger partial charge in [0.1, 0.15) is 4.99 Å². The Labute approximate surface area is 127 Å². The van der Waals surface area contributed by atoms with Crippen LogP contribution < -0.4 is 11.3 Å². The van der Waals surface area contributed by atoms with Crippen LogP contribution in [0.5, 0.6) is 0 Å². The molecule has 0 aliphatic heterocycles. The zero-order valence-corrected chi connectivity index (χ0v) is 12.8. The smallest absolute Gasteiger partial charge is 0.261 e. The number of aromatic nitrogens is 3. The molecule has 0 amide bonds. The van der Waals surface area contributed by atoms with Crippen molar-refractivity contribution in [1.82, 2.24) is 14.3 Å². The first-order valence-electron chi connectivity index (χ1n) is 6.15. The summed E-state index contributed by atoms with van der Waals surface area (Å²) in [5.74, 6) is 0. The first-order valence-corrected chi connectivity index (χ1v) is 6.93. The lowest BCUT2D eigenvalue weighted by molar-refractivity contribution is 0.649. The van der Waals surface area contributed by atoms with Crippen molar-refractivity contribution in [1.29, 1.82) is 0 Å². The summed E-state index contributed by atoms with van der Waals surface area (Å²) >= 11 is 11.2. The van der Waals surface area contributed by atoms with Crippen LogP contribution in [0.3, 0.4) is 0 Å². The zero-order chi connectivity index (χ0) is 14.9. The monoisotopic (exact) mass is 310 g/mol. The molecule has 0 unspecified atom stereocenters. The highest BCUT2D eigenvalue weighted by Gasteiger charge is 2.14. The van der Waals surface area contributed by atoms with Gasteiger partial charge in [-0.15, -0.1) is 0 Å².